The van der Waals surface area contributed by atoms with Crippen LogP contribution in [0.5, 0.6) is 0 Å². The molecule has 0 radical (unpaired) electrons. The van der Waals surface area contributed by atoms with E-state index in [0.717, 1.165) is 12.0 Å². The van der Waals surface area contributed by atoms with E-state index in [-0.39, 0.29) is 12.4 Å². The Kier molecular flexibility index (Phi) is 6.35. The normalized spacial score (nSPS) is 38.2. The number of hydrogen-bond acceptors (Lipinski definition) is 7. The van der Waals surface area contributed by atoms with Gasteiger partial charge in [0.1, 0.15) is 0 Å². The minimum absolute atomic E-state index is 0.212. The molecule has 1 rings (SSSR count). The quantitative estimate of drug-likeness (QED) is 0.498. The molecule has 0 spiro atoms. The summed E-state index contributed by atoms with van der Waals surface area (Å²) in [6.45, 7) is -0.923. The summed E-state index contributed by atoms with van der Waals surface area (Å²) < 4.78 is 31.0. The molecule has 18 heavy (non-hydrogen) atoms. The number of hydrogen-bond donors (Lipinski definition) is 0. The smallest absolute Gasteiger partial charge is 0.273 e. The van der Waals surface area contributed by atoms with Crippen LogP contribution >= 0.6 is 26.0 Å². The van der Waals surface area contributed by atoms with Crippen LogP contribution in [0.15, 0.2) is 24.3 Å². The van der Waals surface area contributed by atoms with Crippen LogP contribution in [0.2, 0.25) is 0 Å². The molecule has 0 N–H and O–H groups in total. The van der Waals surface area contributed by atoms with E-state index < -0.39 is 14.6 Å². The Morgan fingerprint density at radius 1 is 1.28 bits per heavy atom. The van der Waals surface area contributed by atoms with Crippen LogP contribution in [0.1, 0.15) is 19.3 Å². The summed E-state index contributed by atoms with van der Waals surface area (Å²) in [5, 5.41) is 0. The van der Waals surface area contributed by atoms with Gasteiger partial charge < -0.3 is 14.3 Å². The molecule has 2 unspecified atom stereocenters. The first kappa shape index (κ1) is 16.2. The Balaban J connectivity index is 2.71. The van der Waals surface area contributed by atoms with Gasteiger partial charge in [-0.2, -0.15) is 0 Å². The van der Waals surface area contributed by atoms with Gasteiger partial charge in [0, 0.05) is 5.75 Å². The summed E-state index contributed by atoms with van der Waals surface area (Å²) in [7, 11) is -4.81. The molecule has 0 saturated heterocycles. The van der Waals surface area contributed by atoms with Gasteiger partial charge in [0.25, 0.3) is 7.82 Å². The highest BCUT2D eigenvalue weighted by molar-refractivity contribution is 8.54. The Bertz CT molecular complexity index is 421. The van der Waals surface area contributed by atoms with Gasteiger partial charge in [0.2, 0.25) is 0 Å². The minimum Gasteiger partial charge on any atom is -0.770 e. The predicted molar refractivity (Wildman–Crippen MR) is 66.8 cm³/mol. The average molecular weight is 312 g/mol. The number of allylic oxidation sites excluding steroid dienone is 2. The Hall–Kier alpha value is 0.130. The van der Waals surface area contributed by atoms with Crippen molar-refractivity contribution in [3.63, 3.8) is 0 Å². The van der Waals surface area contributed by atoms with Crippen molar-refractivity contribution in [3.05, 3.63) is 24.3 Å². The zero-order valence-corrected chi connectivity index (χ0v) is 12.3. The van der Waals surface area contributed by atoms with Gasteiger partial charge in [0.05, 0.1) is 6.61 Å². The van der Waals surface area contributed by atoms with Crippen molar-refractivity contribution >= 4 is 26.0 Å². The Morgan fingerprint density at radius 3 is 2.72 bits per heavy atom. The molecule has 1 aliphatic rings. The lowest BCUT2D eigenvalue weighted by atomic mass is 10.1. The molecule has 0 aromatic heterocycles. The van der Waals surface area contributed by atoms with Gasteiger partial charge in [-0.3, -0.25) is 13.4 Å². The fourth-order valence-corrected chi connectivity index (χ4v) is 5.54. The fraction of sp³-hybridized carbons (Fsp3) is 0.556. The van der Waals surface area contributed by atoms with Gasteiger partial charge in [-0.25, -0.2) is 0 Å². The van der Waals surface area contributed by atoms with Crippen molar-refractivity contribution in [2.75, 3.05) is 12.4 Å². The monoisotopic (exact) mass is 312 g/mol. The molecule has 0 aromatic rings. The van der Waals surface area contributed by atoms with Crippen LogP contribution in [0.3, 0.4) is 0 Å². The van der Waals surface area contributed by atoms with Gasteiger partial charge in [0.15, 0.2) is 6.80 Å². The van der Waals surface area contributed by atoms with Crippen molar-refractivity contribution in [2.45, 2.75) is 19.3 Å². The van der Waals surface area contributed by atoms with E-state index >= 15 is 0 Å². The zero-order valence-electron chi connectivity index (χ0n) is 9.65. The van der Waals surface area contributed by atoms with E-state index in [4.69, 9.17) is 0 Å². The van der Waals surface area contributed by atoms with Crippen LogP contribution in [0.4, 0.5) is 0 Å². The molecule has 1 aliphatic heterocycles. The predicted octanol–water partition coefficient (Wildman–Crippen LogP) is 1.99. The standard InChI is InChI=1S/C9H16O6P2S/c1-9-5-3-2-4-7-14-16(10,11)15-17(12,13)18-8-6-9/h2,4H,1,3,5-8H2,(H,10,11)(H,12,13)/p-2/b4-2-. The molecule has 6 nitrogen and oxygen atoms in total. The van der Waals surface area contributed by atoms with Crippen molar-refractivity contribution in [2.24, 2.45) is 0 Å². The van der Waals surface area contributed by atoms with Gasteiger partial charge in [-0.1, -0.05) is 35.7 Å². The lowest BCUT2D eigenvalue weighted by molar-refractivity contribution is -0.227. The summed E-state index contributed by atoms with van der Waals surface area (Å²) in [4.78, 5) is 22.6. The first-order chi connectivity index (χ1) is 8.31. The summed E-state index contributed by atoms with van der Waals surface area (Å²) in [6.07, 6.45) is 5.20. The maximum atomic E-state index is 11.4. The van der Waals surface area contributed by atoms with Crippen LogP contribution < -0.4 is 9.79 Å². The molecule has 0 bridgehead atoms. The molecule has 104 valence electrons. The lowest BCUT2D eigenvalue weighted by Crippen LogP contribution is -2.10. The first-order valence-corrected chi connectivity index (χ1v) is 9.84. The Labute approximate surface area is 110 Å². The molecule has 0 amide bonds. The maximum absolute atomic E-state index is 11.4. The Morgan fingerprint density at radius 2 is 2.00 bits per heavy atom. The van der Waals surface area contributed by atoms with E-state index in [9.17, 15) is 18.9 Å². The number of phosphoric ester groups is 1. The molecule has 1 heterocycles. The lowest BCUT2D eigenvalue weighted by Gasteiger charge is -2.30. The molecule has 0 aromatic carbocycles. The van der Waals surface area contributed by atoms with Crippen LogP contribution in [-0.4, -0.2) is 12.4 Å². The molecule has 0 fully saturated rings. The van der Waals surface area contributed by atoms with Crippen molar-refractivity contribution < 1.29 is 27.8 Å². The molecule has 2 atom stereocenters. The summed E-state index contributed by atoms with van der Waals surface area (Å²) in [5.74, 6) is 0.212. The highest BCUT2D eigenvalue weighted by Gasteiger charge is 2.19. The number of rotatable bonds is 0. The molecular formula is C9H14O6P2S-2. The van der Waals surface area contributed by atoms with E-state index in [2.05, 4.69) is 15.4 Å². The topological polar surface area (TPSA) is 98.7 Å². The van der Waals surface area contributed by atoms with Crippen LogP contribution in [0, 0.1) is 0 Å². The van der Waals surface area contributed by atoms with Gasteiger partial charge >= 0.3 is 0 Å². The third-order valence-electron chi connectivity index (χ3n) is 2.07. The van der Waals surface area contributed by atoms with E-state index in [1.54, 1.807) is 6.08 Å². The third kappa shape index (κ3) is 6.90. The van der Waals surface area contributed by atoms with Crippen molar-refractivity contribution in [1.82, 2.24) is 0 Å². The average Bonchev–Trinajstić information content (AvgIpc) is 2.20. The first-order valence-electron chi connectivity index (χ1n) is 5.25. The van der Waals surface area contributed by atoms with E-state index in [1.165, 1.54) is 6.08 Å². The molecule has 0 saturated carbocycles. The van der Waals surface area contributed by atoms with E-state index in [1.807, 2.05) is 0 Å². The van der Waals surface area contributed by atoms with Gasteiger partial charge in [-0.05, 0) is 19.3 Å². The largest absolute Gasteiger partial charge is 0.770 e. The highest BCUT2D eigenvalue weighted by Crippen LogP contribution is 2.62. The fourth-order valence-electron chi connectivity index (χ4n) is 1.20. The summed E-state index contributed by atoms with van der Waals surface area (Å²) in [6, 6.07) is 0. The van der Waals surface area contributed by atoms with Crippen LogP contribution in [-0.2, 0) is 18.0 Å². The molecule has 0 aliphatic carbocycles. The van der Waals surface area contributed by atoms with Crippen LogP contribution in [0.25, 0.3) is 0 Å². The van der Waals surface area contributed by atoms with Crippen molar-refractivity contribution in [1.29, 1.82) is 0 Å². The molecular weight excluding hydrogens is 298 g/mol. The third-order valence-corrected chi connectivity index (χ3v) is 6.93. The maximum Gasteiger partial charge on any atom is 0.273 e. The second-order valence-corrected chi connectivity index (χ2v) is 9.10. The minimum atomic E-state index is -4.81. The summed E-state index contributed by atoms with van der Waals surface area (Å²) >= 11 is 0.450. The highest BCUT2D eigenvalue weighted by atomic mass is 32.7. The van der Waals surface area contributed by atoms with Gasteiger partial charge in [-0.15, -0.1) is 0 Å². The second-order valence-electron chi connectivity index (χ2n) is 3.62. The molecule has 9 heteroatoms. The SMILES string of the molecule is C=C1CC/C=C\COP(=O)([O-])OP(=O)([O-])SCC1. The number of phosphoric acid groups is 1. The second kappa shape index (κ2) is 7.06. The zero-order chi connectivity index (χ0) is 13.6. The summed E-state index contributed by atoms with van der Waals surface area (Å²) in [5.41, 5.74) is 0.914. The van der Waals surface area contributed by atoms with E-state index in [0.29, 0.717) is 24.2 Å². The van der Waals surface area contributed by atoms with Crippen molar-refractivity contribution in [3.8, 4) is 0 Å².